The van der Waals surface area contributed by atoms with E-state index in [1.165, 1.54) is 12.3 Å². The van der Waals surface area contributed by atoms with Gasteiger partial charge >= 0.3 is 0 Å². The van der Waals surface area contributed by atoms with Gasteiger partial charge in [0.1, 0.15) is 23.0 Å². The second-order valence-electron chi connectivity index (χ2n) is 10.7. The Kier molecular flexibility index (Phi) is 5.83. The summed E-state index contributed by atoms with van der Waals surface area (Å²) in [6.07, 6.45) is 3.01. The number of hydrogen-bond acceptors (Lipinski definition) is 7. The van der Waals surface area contributed by atoms with Crippen molar-refractivity contribution in [3.63, 3.8) is 0 Å². The van der Waals surface area contributed by atoms with E-state index in [1.54, 1.807) is 19.9 Å². The highest BCUT2D eigenvalue weighted by Gasteiger charge is 2.49. The lowest BCUT2D eigenvalue weighted by Crippen LogP contribution is -2.57. The molecule has 0 aliphatic carbocycles. The number of hydrogen-bond donors (Lipinski definition) is 3. The maximum Gasteiger partial charge on any atom is 0.223 e. The minimum atomic E-state index is -1.25. The van der Waals surface area contributed by atoms with Gasteiger partial charge in [0, 0.05) is 11.6 Å². The van der Waals surface area contributed by atoms with Gasteiger partial charge < -0.3 is 24.8 Å². The predicted octanol–water partition coefficient (Wildman–Crippen LogP) is 4.58. The molecular weight excluding hydrogens is 473 g/mol. The monoisotopic (exact) mass is 503 g/mol. The summed E-state index contributed by atoms with van der Waals surface area (Å²) in [5.41, 5.74) is -0.371. The highest BCUT2D eigenvalue weighted by Crippen LogP contribution is 2.40. The second-order valence-corrected chi connectivity index (χ2v) is 11.1. The zero-order valence-corrected chi connectivity index (χ0v) is 21.3. The van der Waals surface area contributed by atoms with E-state index < -0.39 is 23.1 Å². The maximum atomic E-state index is 15.3. The van der Waals surface area contributed by atoms with Crippen molar-refractivity contribution in [2.75, 3.05) is 5.32 Å². The number of rotatable bonds is 5. The van der Waals surface area contributed by atoms with Crippen molar-refractivity contribution in [2.24, 2.45) is 0 Å². The second kappa shape index (κ2) is 8.37. The molecule has 3 aromatic rings. The Hall–Kier alpha value is -2.33. The molecule has 0 amide bonds. The first-order chi connectivity index (χ1) is 16.4. The molecule has 2 aromatic heterocycles. The van der Waals surface area contributed by atoms with Crippen molar-refractivity contribution in [3.05, 3.63) is 35.0 Å². The summed E-state index contributed by atoms with van der Waals surface area (Å²) in [6, 6.07) is 3.06. The number of imidazole rings is 1. The van der Waals surface area contributed by atoms with E-state index >= 15 is 4.39 Å². The molecule has 2 aliphatic rings. The largest absolute Gasteiger partial charge is 0.388 e. The Morgan fingerprint density at radius 3 is 2.71 bits per heavy atom. The number of benzene rings is 1. The minimum absolute atomic E-state index is 0.0699. The predicted molar refractivity (Wildman–Crippen MR) is 132 cm³/mol. The van der Waals surface area contributed by atoms with E-state index in [4.69, 9.17) is 16.3 Å². The third kappa shape index (κ3) is 4.18. The average molecular weight is 504 g/mol. The summed E-state index contributed by atoms with van der Waals surface area (Å²) in [5, 5.41) is 25.1. The van der Waals surface area contributed by atoms with Gasteiger partial charge in [-0.2, -0.15) is 0 Å². The Morgan fingerprint density at radius 2 is 2.03 bits per heavy atom. The molecule has 10 heteroatoms. The summed E-state index contributed by atoms with van der Waals surface area (Å²) >= 11 is 6.47. The van der Waals surface area contributed by atoms with E-state index in [-0.39, 0.29) is 28.8 Å². The van der Waals surface area contributed by atoms with Gasteiger partial charge in [-0.25, -0.2) is 19.3 Å². The first-order valence-corrected chi connectivity index (χ1v) is 12.3. The molecule has 2 fully saturated rings. The number of nitrogens with zero attached hydrogens (tertiary/aromatic N) is 4. The zero-order valence-electron chi connectivity index (χ0n) is 20.5. The van der Waals surface area contributed by atoms with Crippen molar-refractivity contribution in [3.8, 4) is 11.3 Å². The van der Waals surface area contributed by atoms with Crippen molar-refractivity contribution < 1.29 is 19.3 Å². The van der Waals surface area contributed by atoms with Crippen LogP contribution in [0.3, 0.4) is 0 Å². The molecule has 3 N–H and O–H groups in total. The van der Waals surface area contributed by atoms with Gasteiger partial charge in [-0.1, -0.05) is 11.6 Å². The van der Waals surface area contributed by atoms with Crippen molar-refractivity contribution in [1.29, 1.82) is 0 Å². The molecule has 8 nitrogen and oxygen atoms in total. The third-order valence-electron chi connectivity index (χ3n) is 7.02. The maximum absolute atomic E-state index is 15.3. The molecule has 1 aromatic carbocycles. The lowest BCUT2D eigenvalue weighted by Gasteiger charge is -2.42. The molecule has 0 spiro atoms. The lowest BCUT2D eigenvalue weighted by molar-refractivity contribution is -0.106. The number of aromatic nitrogens is 4. The molecule has 3 unspecified atom stereocenters. The number of ether oxygens (including phenoxy) is 1. The molecule has 0 saturated carbocycles. The normalized spacial score (nSPS) is 26.6. The topological polar surface area (TPSA) is 105 Å². The molecule has 5 rings (SSSR count). The van der Waals surface area contributed by atoms with E-state index in [2.05, 4.69) is 20.3 Å². The summed E-state index contributed by atoms with van der Waals surface area (Å²) < 4.78 is 23.0. The smallest absolute Gasteiger partial charge is 0.223 e. The molecule has 188 valence electrons. The van der Waals surface area contributed by atoms with Gasteiger partial charge in [0.15, 0.2) is 5.82 Å². The van der Waals surface area contributed by atoms with Crippen LogP contribution in [0.5, 0.6) is 0 Å². The average Bonchev–Trinajstić information content (AvgIpc) is 3.36. The van der Waals surface area contributed by atoms with Gasteiger partial charge in [-0.15, -0.1) is 0 Å². The van der Waals surface area contributed by atoms with Crippen LogP contribution in [0.15, 0.2) is 18.3 Å². The highest BCUT2D eigenvalue weighted by atomic mass is 35.5. The molecule has 2 bridgehead atoms. The van der Waals surface area contributed by atoms with Crippen LogP contribution in [-0.4, -0.2) is 53.6 Å². The van der Waals surface area contributed by atoms with Crippen LogP contribution in [0.4, 0.5) is 10.3 Å². The number of anilines is 1. The van der Waals surface area contributed by atoms with Crippen molar-refractivity contribution in [1.82, 2.24) is 19.5 Å². The molecular formula is C25H31ClFN5O3. The van der Waals surface area contributed by atoms with Gasteiger partial charge in [0.25, 0.3) is 0 Å². The Balaban J connectivity index is 1.57. The SMILES string of the molecule is CC(C)n1c(C(C)(C)O)nc2c(F)cc(-c3nc(N[C@]4(C)CC5CCC(O5)C4O)ncc3Cl)cc21. The third-order valence-corrected chi connectivity index (χ3v) is 7.30. The van der Waals surface area contributed by atoms with Gasteiger partial charge in [0.2, 0.25) is 5.95 Å². The van der Waals surface area contributed by atoms with Gasteiger partial charge in [-0.3, -0.25) is 0 Å². The fourth-order valence-electron chi connectivity index (χ4n) is 5.37. The zero-order chi connectivity index (χ0) is 25.3. The molecule has 35 heavy (non-hydrogen) atoms. The van der Waals surface area contributed by atoms with Crippen LogP contribution < -0.4 is 5.32 Å². The number of aliphatic hydroxyl groups excluding tert-OH is 1. The molecule has 2 saturated heterocycles. The van der Waals surface area contributed by atoms with Crippen LogP contribution in [-0.2, 0) is 10.3 Å². The van der Waals surface area contributed by atoms with Crippen molar-refractivity contribution in [2.45, 2.75) is 89.4 Å². The quantitative estimate of drug-likeness (QED) is 0.468. The van der Waals surface area contributed by atoms with Crippen molar-refractivity contribution >= 4 is 28.6 Å². The van der Waals surface area contributed by atoms with E-state index in [9.17, 15) is 10.2 Å². The van der Waals surface area contributed by atoms with E-state index in [0.29, 0.717) is 35.0 Å². The minimum Gasteiger partial charge on any atom is -0.388 e. The van der Waals surface area contributed by atoms with Crippen LogP contribution in [0.25, 0.3) is 22.3 Å². The fraction of sp³-hybridized carbons (Fsp3) is 0.560. The first-order valence-electron chi connectivity index (χ1n) is 12.0. The molecule has 4 atom stereocenters. The number of fused-ring (bicyclic) bond motifs is 3. The Bertz CT molecular complexity index is 1290. The summed E-state index contributed by atoms with van der Waals surface area (Å²) in [4.78, 5) is 13.4. The molecule has 0 radical (unpaired) electrons. The lowest BCUT2D eigenvalue weighted by atomic mass is 9.85. The summed E-state index contributed by atoms with van der Waals surface area (Å²) in [5.74, 6) is 0.142. The van der Waals surface area contributed by atoms with E-state index in [1.807, 2.05) is 25.3 Å². The van der Waals surface area contributed by atoms with E-state index in [0.717, 1.165) is 12.8 Å². The first kappa shape index (κ1) is 24.4. The number of aliphatic hydroxyl groups is 2. The van der Waals surface area contributed by atoms with Crippen LogP contribution >= 0.6 is 11.6 Å². The van der Waals surface area contributed by atoms with Gasteiger partial charge in [0.05, 0.1) is 40.2 Å². The Labute approximate surface area is 208 Å². The number of nitrogens with one attached hydrogen (secondary N) is 1. The molecule has 2 aliphatic heterocycles. The summed E-state index contributed by atoms with van der Waals surface area (Å²) in [7, 11) is 0. The van der Waals surface area contributed by atoms with Gasteiger partial charge in [-0.05, 0) is 66.0 Å². The Morgan fingerprint density at radius 1 is 1.29 bits per heavy atom. The van der Waals surface area contributed by atoms with Crippen LogP contribution in [0.2, 0.25) is 5.02 Å². The summed E-state index contributed by atoms with van der Waals surface area (Å²) in [6.45, 7) is 9.10. The van der Waals surface area contributed by atoms with Crippen LogP contribution in [0.1, 0.15) is 65.7 Å². The molecule has 4 heterocycles. The fourth-order valence-corrected chi connectivity index (χ4v) is 5.57. The standard InChI is InChI=1S/C25H31ClFN5O3/c1-12(2)32-17-9-13(8-16(27)20(17)29-22(32)24(3,4)34)19-15(26)11-28-23(30-19)31-25(5)10-14-6-7-18(35-14)21(25)33/h8-9,11-12,14,18,21,33-34H,6-7,10H2,1-5H3,(H,28,30,31)/t14?,18?,21?,25-/m1/s1. The highest BCUT2D eigenvalue weighted by molar-refractivity contribution is 6.33. The number of halogens is 2. The van der Waals surface area contributed by atoms with Crippen LogP contribution in [0, 0.1) is 5.82 Å².